The maximum Gasteiger partial charge on any atom is 0.306 e. The predicted molar refractivity (Wildman–Crippen MR) is 404 cm³/mol. The van der Waals surface area contributed by atoms with Gasteiger partial charge in [-0.3, -0.25) is 9.59 Å². The molecule has 1 atom stereocenters. The van der Waals surface area contributed by atoms with Gasteiger partial charge in [0.15, 0.2) is 6.10 Å². The van der Waals surface area contributed by atoms with Crippen LogP contribution in [-0.4, -0.2) is 36.4 Å². The van der Waals surface area contributed by atoms with Gasteiger partial charge in [0, 0.05) is 12.8 Å². The summed E-state index contributed by atoms with van der Waals surface area (Å²) in [4.78, 5) is 24.7. The van der Waals surface area contributed by atoms with Crippen LogP contribution in [0.25, 0.3) is 0 Å². The van der Waals surface area contributed by atoms with Crippen molar-refractivity contribution in [2.45, 2.75) is 476 Å². The minimum atomic E-state index is -0.770. The van der Waals surface area contributed by atoms with Crippen LogP contribution in [-0.2, 0) is 19.1 Å². The van der Waals surface area contributed by atoms with Gasteiger partial charge < -0.3 is 14.6 Å². The van der Waals surface area contributed by atoms with E-state index in [1.165, 1.54) is 385 Å². The summed E-state index contributed by atoms with van der Waals surface area (Å²) in [7, 11) is 0. The number of carbonyl (C=O) groups is 2. The van der Waals surface area contributed by atoms with Gasteiger partial charge in [-0.05, 0) is 51.4 Å². The molecule has 0 rings (SSSR count). The van der Waals surface area contributed by atoms with Crippen molar-refractivity contribution in [3.8, 4) is 0 Å². The van der Waals surface area contributed by atoms with Crippen LogP contribution in [0, 0.1) is 0 Å². The molecule has 0 heterocycles. The van der Waals surface area contributed by atoms with Crippen molar-refractivity contribution in [2.75, 3.05) is 13.2 Å². The Labute approximate surface area is 570 Å². The van der Waals surface area contributed by atoms with E-state index < -0.39 is 6.10 Å². The lowest BCUT2D eigenvalue weighted by Crippen LogP contribution is -2.28. The summed E-state index contributed by atoms with van der Waals surface area (Å²) in [6.45, 7) is 4.10. The molecule has 1 N–H and O–H groups in total. The van der Waals surface area contributed by atoms with Crippen LogP contribution in [0.3, 0.4) is 0 Å². The van der Waals surface area contributed by atoms with Gasteiger partial charge in [-0.25, -0.2) is 0 Å². The molecule has 5 heteroatoms. The number of aliphatic hydroxyl groups is 1. The Balaban J connectivity index is 3.34. The van der Waals surface area contributed by atoms with Gasteiger partial charge in [0.2, 0.25) is 0 Å². The average Bonchev–Trinajstić information content (AvgIpc) is 3.69. The summed E-state index contributed by atoms with van der Waals surface area (Å²) in [5, 5.41) is 9.74. The maximum atomic E-state index is 12.4. The third-order valence-corrected chi connectivity index (χ3v) is 19.4. The monoisotopic (exact) mass is 1280 g/mol. The topological polar surface area (TPSA) is 72.8 Å². The quantitative estimate of drug-likeness (QED) is 0.0373. The van der Waals surface area contributed by atoms with E-state index >= 15 is 0 Å². The fraction of sp³-hybridized carbons (Fsp3) is 0.884. The lowest BCUT2D eigenvalue weighted by Gasteiger charge is -2.15. The second kappa shape index (κ2) is 82.1. The van der Waals surface area contributed by atoms with Crippen LogP contribution in [0.4, 0.5) is 0 Å². The van der Waals surface area contributed by atoms with Gasteiger partial charge in [0.1, 0.15) is 6.61 Å². The molecule has 0 aliphatic heterocycles. The summed E-state index contributed by atoms with van der Waals surface area (Å²) in [5.41, 5.74) is 0. The Kier molecular flexibility index (Phi) is 80.2. The first kappa shape index (κ1) is 88.9. The van der Waals surface area contributed by atoms with Crippen molar-refractivity contribution in [3.63, 3.8) is 0 Å². The van der Waals surface area contributed by atoms with Gasteiger partial charge >= 0.3 is 11.9 Å². The fourth-order valence-corrected chi connectivity index (χ4v) is 13.2. The lowest BCUT2D eigenvalue weighted by atomic mass is 10.0. The highest BCUT2D eigenvalue weighted by Crippen LogP contribution is 2.21. The van der Waals surface area contributed by atoms with Crippen LogP contribution in [0.2, 0.25) is 0 Å². The molecule has 91 heavy (non-hydrogen) atoms. The first-order chi connectivity index (χ1) is 45.1. The number of rotatable bonds is 79. The minimum Gasteiger partial charge on any atom is -0.462 e. The average molecular weight is 1280 g/mol. The van der Waals surface area contributed by atoms with Crippen molar-refractivity contribution in [1.82, 2.24) is 0 Å². The smallest absolute Gasteiger partial charge is 0.306 e. The van der Waals surface area contributed by atoms with Gasteiger partial charge in [-0.15, -0.1) is 0 Å². The predicted octanol–water partition coefficient (Wildman–Crippen LogP) is 29.4. The molecular formula is C86H162O5. The van der Waals surface area contributed by atoms with Crippen molar-refractivity contribution in [2.24, 2.45) is 0 Å². The van der Waals surface area contributed by atoms with E-state index in [2.05, 4.69) is 62.5 Å². The van der Waals surface area contributed by atoms with Crippen molar-refractivity contribution < 1.29 is 24.2 Å². The number of carbonyl (C=O) groups excluding carboxylic acids is 2. The largest absolute Gasteiger partial charge is 0.462 e. The lowest BCUT2D eigenvalue weighted by molar-refractivity contribution is -0.161. The SMILES string of the molecule is CC/C=C\C/C=C\C/C=C\C/C=C\CCCCCCCCCCCCCCCCCCCCCCCCCCC(=O)OC(CO)COC(=O)CCCCCCCCCCCCCCCCCCCCCCCCCCCCCCCCCCCCCCCCCC. The van der Waals surface area contributed by atoms with Crippen molar-refractivity contribution in [1.29, 1.82) is 0 Å². The van der Waals surface area contributed by atoms with E-state index in [-0.39, 0.29) is 25.2 Å². The summed E-state index contributed by atoms with van der Waals surface area (Å²) >= 11 is 0. The Morgan fingerprint density at radius 3 is 0.714 bits per heavy atom. The van der Waals surface area contributed by atoms with Crippen molar-refractivity contribution >= 4 is 11.9 Å². The third-order valence-electron chi connectivity index (χ3n) is 19.4. The first-order valence-electron chi connectivity index (χ1n) is 41.7. The van der Waals surface area contributed by atoms with E-state index in [0.717, 1.165) is 57.8 Å². The zero-order valence-electron chi connectivity index (χ0n) is 61.9. The van der Waals surface area contributed by atoms with Crippen LogP contribution in [0.5, 0.6) is 0 Å². The number of unbranched alkanes of at least 4 members (excludes halogenated alkanes) is 63. The zero-order valence-corrected chi connectivity index (χ0v) is 61.9. The van der Waals surface area contributed by atoms with Gasteiger partial charge in [0.25, 0.3) is 0 Å². The molecule has 0 amide bonds. The van der Waals surface area contributed by atoms with Gasteiger partial charge in [-0.2, -0.15) is 0 Å². The molecule has 0 aromatic rings. The summed E-state index contributed by atoms with van der Waals surface area (Å²) < 4.78 is 10.8. The number of hydrogen-bond acceptors (Lipinski definition) is 5. The Hall–Kier alpha value is -2.14. The minimum absolute atomic E-state index is 0.0582. The highest BCUT2D eigenvalue weighted by Gasteiger charge is 2.16. The molecule has 536 valence electrons. The summed E-state index contributed by atoms with van der Waals surface area (Å²) in [6.07, 6.45) is 112. The second-order valence-electron chi connectivity index (χ2n) is 28.5. The number of esters is 2. The molecule has 0 fully saturated rings. The molecule has 0 aliphatic rings. The Bertz CT molecular complexity index is 1500. The fourth-order valence-electron chi connectivity index (χ4n) is 13.2. The first-order valence-corrected chi connectivity index (χ1v) is 41.7. The normalized spacial score (nSPS) is 12.3. The van der Waals surface area contributed by atoms with E-state index in [1.54, 1.807) is 0 Å². The maximum absolute atomic E-state index is 12.4. The molecule has 0 spiro atoms. The standard InChI is InChI=1S/C86H162O5/c1-3-5-7-9-11-13-15-17-19-21-23-25-27-29-31-33-35-37-39-41-42-43-45-46-48-50-52-54-56-58-60-62-64-66-68-70-72-74-76-78-80-85(88)90-83-84(82-87)91-86(89)81-79-77-75-73-71-69-67-65-63-61-59-57-55-53-51-49-47-44-40-38-36-34-32-30-28-26-24-22-20-18-16-14-12-10-8-6-4-2/h6,8,12,14,18,20,24,26,84,87H,3-5,7,9-11,13,15-17,19,21-23,25,27-83H2,1-2H3/b8-6-,14-12-,20-18-,26-24-. The number of ether oxygens (including phenoxy) is 2. The van der Waals surface area contributed by atoms with Gasteiger partial charge in [-0.1, -0.05) is 454 Å². The zero-order chi connectivity index (χ0) is 65.4. The highest BCUT2D eigenvalue weighted by atomic mass is 16.6. The Morgan fingerprint density at radius 1 is 0.264 bits per heavy atom. The van der Waals surface area contributed by atoms with Crippen LogP contribution in [0.15, 0.2) is 48.6 Å². The van der Waals surface area contributed by atoms with Crippen LogP contribution >= 0.6 is 0 Å². The molecule has 0 aliphatic carbocycles. The summed E-state index contributed by atoms with van der Waals surface area (Å²) in [5.74, 6) is -0.561. The van der Waals surface area contributed by atoms with E-state index in [9.17, 15) is 14.7 Å². The second-order valence-corrected chi connectivity index (χ2v) is 28.5. The highest BCUT2D eigenvalue weighted by molar-refractivity contribution is 5.70. The van der Waals surface area contributed by atoms with Crippen molar-refractivity contribution in [3.05, 3.63) is 48.6 Å². The molecule has 1 unspecified atom stereocenters. The molecule has 5 nitrogen and oxygen atoms in total. The summed E-state index contributed by atoms with van der Waals surface area (Å²) in [6, 6.07) is 0. The van der Waals surface area contributed by atoms with Crippen LogP contribution < -0.4 is 0 Å². The molecule has 0 saturated heterocycles. The van der Waals surface area contributed by atoms with Gasteiger partial charge in [0.05, 0.1) is 6.61 Å². The molecule has 0 saturated carbocycles. The molecule has 0 radical (unpaired) electrons. The van der Waals surface area contributed by atoms with E-state index in [4.69, 9.17) is 9.47 Å². The van der Waals surface area contributed by atoms with E-state index in [1.807, 2.05) is 0 Å². The molecule has 0 aromatic carbocycles. The van der Waals surface area contributed by atoms with Crippen LogP contribution in [0.1, 0.15) is 470 Å². The molecule has 0 bridgehead atoms. The Morgan fingerprint density at radius 2 is 0.473 bits per heavy atom. The molecule has 0 aromatic heterocycles. The number of hydrogen-bond donors (Lipinski definition) is 1. The van der Waals surface area contributed by atoms with E-state index in [0.29, 0.717) is 12.8 Å². The number of aliphatic hydroxyl groups excluding tert-OH is 1. The third kappa shape index (κ3) is 80.2. The number of allylic oxidation sites excluding steroid dienone is 8. The molecular weight excluding hydrogens is 1110 g/mol.